The number of likely N-dealkylation sites (tertiary alicyclic amines) is 1. The lowest BCUT2D eigenvalue weighted by atomic mass is 9.80. The number of hydrogen-bond donors (Lipinski definition) is 1. The second kappa shape index (κ2) is 7.85. The normalized spacial score (nSPS) is 21.1. The molecule has 2 fully saturated rings. The number of carbonyl (C=O) groups excluding carboxylic acids is 1. The lowest BCUT2D eigenvalue weighted by molar-refractivity contribution is -0.145. The van der Waals surface area contributed by atoms with Gasteiger partial charge < -0.3 is 14.6 Å². The Morgan fingerprint density at radius 2 is 1.74 bits per heavy atom. The van der Waals surface area contributed by atoms with Crippen molar-refractivity contribution in [2.24, 2.45) is 0 Å². The number of aromatic nitrogens is 1. The van der Waals surface area contributed by atoms with Gasteiger partial charge in [-0.15, -0.1) is 0 Å². The van der Waals surface area contributed by atoms with Gasteiger partial charge in [-0.2, -0.15) is 13.2 Å². The van der Waals surface area contributed by atoms with Gasteiger partial charge in [-0.05, 0) is 81.8 Å². The highest BCUT2D eigenvalue weighted by atomic mass is 19.4. The van der Waals surface area contributed by atoms with Crippen molar-refractivity contribution in [3.05, 3.63) is 58.4 Å². The van der Waals surface area contributed by atoms with Crippen molar-refractivity contribution in [3.63, 3.8) is 0 Å². The molecule has 1 saturated carbocycles. The molecule has 3 aliphatic rings. The molecule has 1 aliphatic carbocycles. The number of alkyl halides is 3. The molecule has 1 amide bonds. The first kappa shape index (κ1) is 23.4. The average molecular weight is 478 g/mol. The molecule has 34 heavy (non-hydrogen) atoms. The van der Waals surface area contributed by atoms with Gasteiger partial charge in [0.1, 0.15) is 5.69 Å². The highest BCUT2D eigenvalue weighted by Crippen LogP contribution is 2.48. The van der Waals surface area contributed by atoms with Gasteiger partial charge >= 0.3 is 6.18 Å². The lowest BCUT2D eigenvalue weighted by Gasteiger charge is -2.52. The maximum absolute atomic E-state index is 13.6. The average Bonchev–Trinajstić information content (AvgIpc) is 3.49. The minimum atomic E-state index is -4.37. The van der Waals surface area contributed by atoms with Gasteiger partial charge in [0.15, 0.2) is 0 Å². The van der Waals surface area contributed by atoms with Crippen LogP contribution in [0.5, 0.6) is 0 Å². The van der Waals surface area contributed by atoms with Crippen molar-refractivity contribution in [3.8, 4) is 0 Å². The molecular formula is C26H34F3N3O2. The highest BCUT2D eigenvalue weighted by Gasteiger charge is 2.52. The molecule has 1 aromatic heterocycles. The zero-order valence-electron chi connectivity index (χ0n) is 20.0. The summed E-state index contributed by atoms with van der Waals surface area (Å²) < 4.78 is 42.3. The van der Waals surface area contributed by atoms with E-state index in [2.05, 4.69) is 4.90 Å². The number of amides is 1. The lowest BCUT2D eigenvalue weighted by Crippen LogP contribution is -2.58. The summed E-state index contributed by atoms with van der Waals surface area (Å²) >= 11 is 0. The fourth-order valence-electron chi connectivity index (χ4n) is 6.14. The molecule has 2 aromatic rings. The summed E-state index contributed by atoms with van der Waals surface area (Å²) in [5.41, 5.74) is 0.947. The maximum Gasteiger partial charge on any atom is 0.431 e. The number of benzene rings is 1. The van der Waals surface area contributed by atoms with Gasteiger partial charge in [0, 0.05) is 44.9 Å². The molecule has 3 heterocycles. The number of halogens is 3. The fraction of sp³-hybridized carbons (Fsp3) is 0.577. The molecule has 1 spiro atoms. The van der Waals surface area contributed by atoms with Crippen LogP contribution < -0.4 is 0 Å². The second-order valence-electron chi connectivity index (χ2n) is 10.6. The minimum Gasteiger partial charge on any atom is -0.386 e. The number of carbonyl (C=O) groups is 1. The monoisotopic (exact) mass is 477 g/mol. The number of rotatable bonds is 3. The Labute approximate surface area is 199 Å². The van der Waals surface area contributed by atoms with Crippen molar-refractivity contribution >= 4 is 5.91 Å². The fourth-order valence-corrected chi connectivity index (χ4v) is 6.14. The summed E-state index contributed by atoms with van der Waals surface area (Å²) in [5.74, 6) is -0.0691. The third-order valence-corrected chi connectivity index (χ3v) is 7.86. The topological polar surface area (TPSA) is 48.7 Å². The molecule has 1 N–H and O–H groups in total. The van der Waals surface area contributed by atoms with Gasteiger partial charge in [0.2, 0.25) is 0 Å². The van der Waals surface area contributed by atoms with E-state index < -0.39 is 23.0 Å². The van der Waals surface area contributed by atoms with Crippen molar-refractivity contribution in [2.45, 2.75) is 76.4 Å². The molecule has 0 atom stereocenters. The van der Waals surface area contributed by atoms with Gasteiger partial charge in [-0.3, -0.25) is 9.69 Å². The summed E-state index contributed by atoms with van der Waals surface area (Å²) in [7, 11) is 0. The number of fused-ring (bicyclic) bond motifs is 2. The molecule has 0 radical (unpaired) electrons. The number of nitrogens with zero attached hydrogens (tertiary/aromatic N) is 3. The van der Waals surface area contributed by atoms with Crippen LogP contribution in [0.3, 0.4) is 0 Å². The SMILES string of the molecule is Cc1cc(C(=O)N2CCC3(CC2)c2ccc(C(F)(F)F)n2CCN3C2CC2)ccc1C(C)(C)O.[HH]. The van der Waals surface area contributed by atoms with Crippen molar-refractivity contribution in [1.82, 2.24) is 14.4 Å². The van der Waals surface area contributed by atoms with E-state index in [1.54, 1.807) is 32.0 Å². The Morgan fingerprint density at radius 3 is 2.29 bits per heavy atom. The van der Waals surface area contributed by atoms with E-state index in [1.165, 1.54) is 10.6 Å². The predicted molar refractivity (Wildman–Crippen MR) is 125 cm³/mol. The first-order chi connectivity index (χ1) is 15.9. The van der Waals surface area contributed by atoms with Crippen molar-refractivity contribution < 1.29 is 24.5 Å². The molecule has 1 aromatic carbocycles. The Bertz CT molecular complexity index is 1110. The van der Waals surface area contributed by atoms with Crippen molar-refractivity contribution in [1.29, 1.82) is 0 Å². The van der Waals surface area contributed by atoms with Crippen LogP contribution in [0.15, 0.2) is 30.3 Å². The van der Waals surface area contributed by atoms with Gasteiger partial charge in [0.25, 0.3) is 5.91 Å². The first-order valence-electron chi connectivity index (χ1n) is 12.1. The molecule has 186 valence electrons. The Hall–Kier alpha value is -2.32. The van der Waals surface area contributed by atoms with E-state index in [0.29, 0.717) is 50.6 Å². The summed E-state index contributed by atoms with van der Waals surface area (Å²) in [6.45, 7) is 7.29. The van der Waals surface area contributed by atoms with Crippen LogP contribution in [0.25, 0.3) is 0 Å². The van der Waals surface area contributed by atoms with Crippen LogP contribution in [0.4, 0.5) is 13.2 Å². The number of piperidine rings is 1. The third kappa shape index (κ3) is 3.85. The predicted octanol–water partition coefficient (Wildman–Crippen LogP) is 4.90. The van der Waals surface area contributed by atoms with Crippen LogP contribution >= 0.6 is 0 Å². The zero-order valence-corrected chi connectivity index (χ0v) is 20.0. The molecule has 5 nitrogen and oxygen atoms in total. The summed E-state index contributed by atoms with van der Waals surface area (Å²) in [5, 5.41) is 10.3. The summed E-state index contributed by atoms with van der Waals surface area (Å²) in [6.07, 6.45) is -0.951. The number of aryl methyl sites for hydroxylation is 1. The van der Waals surface area contributed by atoms with E-state index >= 15 is 0 Å². The van der Waals surface area contributed by atoms with Crippen LogP contribution in [0.1, 0.15) is 73.8 Å². The van der Waals surface area contributed by atoms with E-state index in [4.69, 9.17) is 0 Å². The molecule has 0 bridgehead atoms. The van der Waals surface area contributed by atoms with E-state index in [-0.39, 0.29) is 7.33 Å². The highest BCUT2D eigenvalue weighted by molar-refractivity contribution is 5.94. The molecular weight excluding hydrogens is 443 g/mol. The van der Waals surface area contributed by atoms with E-state index in [0.717, 1.165) is 29.7 Å². The zero-order chi connectivity index (χ0) is 24.5. The minimum absolute atomic E-state index is 0. The van der Waals surface area contributed by atoms with E-state index in [1.807, 2.05) is 17.9 Å². The Balaban J connectivity index is 0.00000289. The summed E-state index contributed by atoms with van der Waals surface area (Å²) in [4.78, 5) is 17.5. The maximum atomic E-state index is 13.6. The molecule has 2 aliphatic heterocycles. The largest absolute Gasteiger partial charge is 0.431 e. The third-order valence-electron chi connectivity index (χ3n) is 7.86. The Morgan fingerprint density at radius 1 is 1.06 bits per heavy atom. The summed E-state index contributed by atoms with van der Waals surface area (Å²) in [6, 6.07) is 8.68. The number of hydrogen-bond acceptors (Lipinski definition) is 3. The van der Waals surface area contributed by atoms with Gasteiger partial charge in [0.05, 0.1) is 11.1 Å². The first-order valence-corrected chi connectivity index (χ1v) is 12.1. The molecule has 5 rings (SSSR count). The van der Waals surface area contributed by atoms with Gasteiger partial charge in [-0.1, -0.05) is 6.07 Å². The van der Waals surface area contributed by atoms with Crippen LogP contribution in [0, 0.1) is 6.92 Å². The smallest absolute Gasteiger partial charge is 0.386 e. The van der Waals surface area contributed by atoms with E-state index in [9.17, 15) is 23.1 Å². The second-order valence-corrected chi connectivity index (χ2v) is 10.6. The van der Waals surface area contributed by atoms with Crippen LogP contribution in [-0.2, 0) is 23.9 Å². The van der Waals surface area contributed by atoms with Crippen LogP contribution in [0.2, 0.25) is 0 Å². The molecule has 8 heteroatoms. The Kier molecular flexibility index (Phi) is 5.41. The molecule has 0 unspecified atom stereocenters. The van der Waals surface area contributed by atoms with Gasteiger partial charge in [-0.25, -0.2) is 0 Å². The number of aliphatic hydroxyl groups is 1. The van der Waals surface area contributed by atoms with Crippen LogP contribution in [-0.4, -0.2) is 51.1 Å². The molecule has 1 saturated heterocycles. The standard InChI is InChI=1S/C26H32F3N3O2.H2/c1-17-16-18(4-7-20(17)24(2,3)34)23(33)30-12-10-25(11-13-30)21-8-9-22(26(27,28)29)31(21)14-15-32(25)19-5-6-19;/h4,7-9,16,19,34H,5-6,10-15H2,1-3H3;1H. The van der Waals surface area contributed by atoms with Crippen molar-refractivity contribution in [2.75, 3.05) is 19.6 Å². The quantitative estimate of drug-likeness (QED) is 0.684.